The zero-order valence-corrected chi connectivity index (χ0v) is 25.6. The fraction of sp³-hybridized carbons (Fsp3) is 0.515. The zero-order chi connectivity index (χ0) is 30.9. The molecule has 3 saturated carbocycles. The Hall–Kier alpha value is -3.28. The van der Waals surface area contributed by atoms with Gasteiger partial charge in [0.2, 0.25) is 10.9 Å². The second-order valence-electron chi connectivity index (χ2n) is 13.2. The van der Waals surface area contributed by atoms with Gasteiger partial charge in [0, 0.05) is 17.2 Å². The van der Waals surface area contributed by atoms with E-state index in [0.29, 0.717) is 25.7 Å². The molecule has 7 rings (SSSR count). The first-order chi connectivity index (χ1) is 21.1. The van der Waals surface area contributed by atoms with Crippen LogP contribution in [0.5, 0.6) is 0 Å². The molecule has 1 aromatic carbocycles. The molecule has 11 heteroatoms. The molecule has 0 unspecified atom stereocenters. The summed E-state index contributed by atoms with van der Waals surface area (Å²) in [6.45, 7) is 4.06. The van der Waals surface area contributed by atoms with Gasteiger partial charge in [-0.3, -0.25) is 4.79 Å². The number of nitrogens with zero attached hydrogens (tertiary/aromatic N) is 3. The molecular weight excluding hydrogens is 585 g/mol. The van der Waals surface area contributed by atoms with Gasteiger partial charge in [-0.15, -0.1) is 0 Å². The Bertz CT molecular complexity index is 1620. The summed E-state index contributed by atoms with van der Waals surface area (Å²) in [6, 6.07) is 7.72. The van der Waals surface area contributed by atoms with Crippen molar-refractivity contribution in [3.05, 3.63) is 71.1 Å². The summed E-state index contributed by atoms with van der Waals surface area (Å²) >= 11 is 0.974. The number of aliphatic hydroxyl groups excluding tert-OH is 2. The lowest BCUT2D eigenvalue weighted by atomic mass is 9.45. The van der Waals surface area contributed by atoms with Crippen molar-refractivity contribution in [3.63, 3.8) is 0 Å². The number of halogens is 1. The number of allylic oxidation sites excluding steroid dienone is 1. The van der Waals surface area contributed by atoms with Crippen LogP contribution in [0.25, 0.3) is 11.8 Å². The molecule has 0 amide bonds. The molecule has 0 radical (unpaired) electrons. The minimum absolute atomic E-state index is 0.0406. The third-order valence-electron chi connectivity index (χ3n) is 11.2. The zero-order valence-electron chi connectivity index (χ0n) is 24.7. The fourth-order valence-corrected chi connectivity index (χ4v) is 10.2. The van der Waals surface area contributed by atoms with Crippen LogP contribution in [0.2, 0.25) is 0 Å². The maximum absolute atomic E-state index is 13.9. The molecule has 3 fully saturated rings. The molecule has 2 N–H and O–H groups in total. The van der Waals surface area contributed by atoms with Crippen molar-refractivity contribution in [2.24, 2.45) is 28.6 Å². The molecule has 0 aliphatic heterocycles. The Morgan fingerprint density at radius 2 is 2.00 bits per heavy atom. The number of thioether (sulfide) groups is 1. The van der Waals surface area contributed by atoms with Crippen LogP contribution in [-0.2, 0) is 16.0 Å². The SMILES string of the molecule is C[C@]12Cc3cnn(-c4ccc(F)cc4)c3C=C1CC[C@@H]1[C@@H]2[C@@H](O)C[C@@]2(C)[C@H]1CC[C@]2(OC(=O)c1ccno1)C(=O)SCCO. The van der Waals surface area contributed by atoms with Gasteiger partial charge in [-0.05, 0) is 97.6 Å². The number of carbonyl (C=O) groups excluding carboxylic acids is 2. The van der Waals surface area contributed by atoms with Crippen molar-refractivity contribution in [1.29, 1.82) is 0 Å². The van der Waals surface area contributed by atoms with Gasteiger partial charge in [0.25, 0.3) is 0 Å². The van der Waals surface area contributed by atoms with E-state index in [0.717, 1.165) is 41.5 Å². The van der Waals surface area contributed by atoms with Crippen LogP contribution in [0.1, 0.15) is 67.8 Å². The van der Waals surface area contributed by atoms with Crippen molar-refractivity contribution in [1.82, 2.24) is 14.9 Å². The van der Waals surface area contributed by atoms with Gasteiger partial charge in [-0.25, -0.2) is 13.9 Å². The van der Waals surface area contributed by atoms with Crippen molar-refractivity contribution in [2.45, 2.75) is 64.1 Å². The minimum Gasteiger partial charge on any atom is -0.444 e. The summed E-state index contributed by atoms with van der Waals surface area (Å²) in [7, 11) is 0. The highest BCUT2D eigenvalue weighted by atomic mass is 32.2. The molecule has 4 aliphatic carbocycles. The topological polar surface area (TPSA) is 128 Å². The monoisotopic (exact) mass is 621 g/mol. The van der Waals surface area contributed by atoms with Gasteiger partial charge >= 0.3 is 5.97 Å². The highest BCUT2D eigenvalue weighted by Crippen LogP contribution is 2.69. The number of aliphatic hydroxyl groups is 2. The molecule has 9 nitrogen and oxygen atoms in total. The first kappa shape index (κ1) is 29.4. The van der Waals surface area contributed by atoms with Crippen molar-refractivity contribution >= 4 is 28.9 Å². The molecule has 3 aromatic rings. The fourth-order valence-electron chi connectivity index (χ4n) is 9.29. The van der Waals surface area contributed by atoms with Crippen LogP contribution in [0, 0.1) is 34.4 Å². The average Bonchev–Trinajstić information content (AvgIpc) is 3.73. The summed E-state index contributed by atoms with van der Waals surface area (Å²) in [6.07, 6.45) is 8.42. The lowest BCUT2D eigenvalue weighted by Gasteiger charge is -2.60. The van der Waals surface area contributed by atoms with E-state index in [4.69, 9.17) is 9.26 Å². The lowest BCUT2D eigenvalue weighted by molar-refractivity contribution is -0.175. The molecule has 0 saturated heterocycles. The third kappa shape index (κ3) is 4.26. The minimum atomic E-state index is -1.47. The van der Waals surface area contributed by atoms with E-state index in [9.17, 15) is 24.2 Å². The Morgan fingerprint density at radius 3 is 2.73 bits per heavy atom. The highest BCUT2D eigenvalue weighted by Gasteiger charge is 2.70. The Kier molecular flexibility index (Phi) is 7.13. The van der Waals surface area contributed by atoms with Crippen LogP contribution in [0.4, 0.5) is 4.39 Å². The highest BCUT2D eigenvalue weighted by molar-refractivity contribution is 8.13. The Balaban J connectivity index is 1.22. The number of hydrogen-bond donors (Lipinski definition) is 2. The van der Waals surface area contributed by atoms with Gasteiger partial charge in [-0.2, -0.15) is 5.10 Å². The molecule has 232 valence electrons. The largest absolute Gasteiger partial charge is 0.444 e. The number of fused-ring (bicyclic) bond motifs is 6. The second kappa shape index (κ2) is 10.7. The van der Waals surface area contributed by atoms with Crippen LogP contribution >= 0.6 is 11.8 Å². The summed E-state index contributed by atoms with van der Waals surface area (Å²) < 4.78 is 26.7. The first-order valence-electron chi connectivity index (χ1n) is 15.3. The number of rotatable bonds is 6. The van der Waals surface area contributed by atoms with Crippen molar-refractivity contribution < 1.29 is 33.5 Å². The number of esters is 1. The third-order valence-corrected chi connectivity index (χ3v) is 12.2. The number of aromatic nitrogens is 3. The number of hydrogen-bond acceptors (Lipinski definition) is 9. The predicted octanol–water partition coefficient (Wildman–Crippen LogP) is 5.00. The van der Waals surface area contributed by atoms with Gasteiger partial charge in [0.05, 0.1) is 36.5 Å². The van der Waals surface area contributed by atoms with E-state index in [1.54, 1.807) is 12.1 Å². The quantitative estimate of drug-likeness (QED) is 0.366. The van der Waals surface area contributed by atoms with E-state index in [1.165, 1.54) is 30.0 Å². The molecule has 0 bridgehead atoms. The molecule has 2 aromatic heterocycles. The number of ether oxygens (including phenoxy) is 1. The summed E-state index contributed by atoms with van der Waals surface area (Å²) in [4.78, 5) is 27.2. The van der Waals surface area contributed by atoms with Gasteiger partial charge in [-0.1, -0.05) is 36.3 Å². The molecule has 4 aliphatic rings. The van der Waals surface area contributed by atoms with E-state index in [1.807, 2.05) is 17.8 Å². The molecule has 2 heterocycles. The number of carbonyl (C=O) groups is 2. The summed E-state index contributed by atoms with van der Waals surface area (Å²) in [5, 5.41) is 29.5. The van der Waals surface area contributed by atoms with E-state index in [-0.39, 0.29) is 52.2 Å². The van der Waals surface area contributed by atoms with E-state index >= 15 is 0 Å². The summed E-state index contributed by atoms with van der Waals surface area (Å²) in [5.74, 6) is -0.836. The lowest BCUT2D eigenvalue weighted by Crippen LogP contribution is -2.62. The van der Waals surface area contributed by atoms with Crippen molar-refractivity contribution in [2.75, 3.05) is 12.4 Å². The Labute approximate surface area is 258 Å². The predicted molar refractivity (Wildman–Crippen MR) is 160 cm³/mol. The molecular formula is C33H36FN3O6S. The van der Waals surface area contributed by atoms with Crippen molar-refractivity contribution in [3.8, 4) is 5.69 Å². The van der Waals surface area contributed by atoms with Crippen LogP contribution < -0.4 is 0 Å². The van der Waals surface area contributed by atoms with Gasteiger partial charge in [0.15, 0.2) is 5.60 Å². The van der Waals surface area contributed by atoms with Crippen LogP contribution in [0.3, 0.4) is 0 Å². The normalized spacial score (nSPS) is 33.9. The first-order valence-corrected chi connectivity index (χ1v) is 16.2. The second-order valence-corrected chi connectivity index (χ2v) is 14.3. The van der Waals surface area contributed by atoms with E-state index in [2.05, 4.69) is 23.3 Å². The van der Waals surface area contributed by atoms with Gasteiger partial charge < -0.3 is 19.5 Å². The maximum atomic E-state index is 13.9. The number of benzene rings is 1. The smallest absolute Gasteiger partial charge is 0.378 e. The van der Waals surface area contributed by atoms with Crippen LogP contribution in [0.15, 0.2) is 52.8 Å². The van der Waals surface area contributed by atoms with Crippen LogP contribution in [-0.4, -0.2) is 60.3 Å². The molecule has 44 heavy (non-hydrogen) atoms. The standard InChI is InChI=1S/C33H36FN3O6S/c1-31-16-19-18-35-37(22-6-4-21(34)5-7-22)25(19)15-20(31)3-8-23-24-9-11-33(30(41)44-14-13-38,32(24,2)17-26(39)28(23)31)42-29(40)27-10-12-36-43-27/h4-7,10,12,15,18,23-24,26,28,38-39H,3,8-9,11,13-14,16-17H2,1-2H3/t23-,24-,26-,28+,31-,32-,33-/m0/s1. The average molecular weight is 622 g/mol. The maximum Gasteiger partial charge on any atom is 0.378 e. The van der Waals surface area contributed by atoms with Gasteiger partial charge in [0.1, 0.15) is 5.82 Å². The molecule has 0 spiro atoms. The molecule has 7 atom stereocenters. The Morgan fingerprint density at radius 1 is 1.20 bits per heavy atom. The summed E-state index contributed by atoms with van der Waals surface area (Å²) in [5.41, 5.74) is 1.54. The van der Waals surface area contributed by atoms with E-state index < -0.39 is 23.1 Å².